The molecule has 2 saturated heterocycles. The number of nitrogens with one attached hydrogen (secondary N) is 1. The zero-order chi connectivity index (χ0) is 21.6. The van der Waals surface area contributed by atoms with Gasteiger partial charge in [0, 0.05) is 31.5 Å². The van der Waals surface area contributed by atoms with Crippen molar-refractivity contribution in [1.82, 2.24) is 15.3 Å². The summed E-state index contributed by atoms with van der Waals surface area (Å²) in [5.74, 6) is -0.628. The first kappa shape index (κ1) is 23.3. The Bertz CT molecular complexity index is 605. The van der Waals surface area contributed by atoms with E-state index in [1.807, 2.05) is 0 Å². The van der Waals surface area contributed by atoms with Crippen molar-refractivity contribution in [2.45, 2.75) is 84.7 Å². The van der Waals surface area contributed by atoms with E-state index in [2.05, 4.69) is 37.9 Å². The molecular formula is C21H35N3O5. The molecule has 29 heavy (non-hydrogen) atoms. The standard InChI is InChI=1S/C21H35N3O5/c1-14(2)15(3)12-17-7-5-6-16(4)23(17)13-18(25)22-11-10-21(28)29-24-19(26)8-9-20(24)27/h14-17H,5-13H2,1-4H3,(H,22,25)/t15-,16?,17?/m0/s1. The molecule has 8 heteroatoms. The average molecular weight is 410 g/mol. The third kappa shape index (κ3) is 6.80. The number of hydrogen-bond acceptors (Lipinski definition) is 6. The molecule has 0 aromatic carbocycles. The molecule has 0 saturated carbocycles. The molecule has 2 fully saturated rings. The third-order valence-corrected chi connectivity index (χ3v) is 6.15. The number of carbonyl (C=O) groups excluding carboxylic acids is 4. The smallest absolute Gasteiger partial charge is 0.334 e. The van der Waals surface area contributed by atoms with Gasteiger partial charge in [0.05, 0.1) is 13.0 Å². The molecule has 0 spiro atoms. The number of rotatable bonds is 9. The average Bonchev–Trinajstić information content (AvgIpc) is 2.96. The summed E-state index contributed by atoms with van der Waals surface area (Å²) in [5, 5.41) is 3.28. The molecule has 3 atom stereocenters. The van der Waals surface area contributed by atoms with Crippen molar-refractivity contribution < 1.29 is 24.0 Å². The van der Waals surface area contributed by atoms with E-state index in [0.29, 0.717) is 35.5 Å². The number of likely N-dealkylation sites (tertiary alicyclic amines) is 1. The van der Waals surface area contributed by atoms with Gasteiger partial charge in [0.25, 0.3) is 11.8 Å². The summed E-state index contributed by atoms with van der Waals surface area (Å²) in [5.41, 5.74) is 0. The van der Waals surface area contributed by atoms with Crippen LogP contribution >= 0.6 is 0 Å². The molecule has 2 heterocycles. The minimum atomic E-state index is -0.705. The number of imide groups is 1. The fraction of sp³-hybridized carbons (Fsp3) is 0.810. The molecule has 0 aromatic heterocycles. The first-order valence-electron chi connectivity index (χ1n) is 10.8. The highest BCUT2D eigenvalue weighted by Gasteiger charge is 2.33. The van der Waals surface area contributed by atoms with Gasteiger partial charge in [-0.3, -0.25) is 19.3 Å². The monoisotopic (exact) mass is 409 g/mol. The van der Waals surface area contributed by atoms with Crippen LogP contribution in [0.3, 0.4) is 0 Å². The van der Waals surface area contributed by atoms with Crippen LogP contribution in [0.1, 0.15) is 72.6 Å². The van der Waals surface area contributed by atoms with Crippen molar-refractivity contribution >= 4 is 23.7 Å². The maximum absolute atomic E-state index is 12.4. The van der Waals surface area contributed by atoms with E-state index in [4.69, 9.17) is 4.84 Å². The number of hydroxylamine groups is 2. The number of piperidine rings is 1. The second-order valence-electron chi connectivity index (χ2n) is 8.71. The molecule has 3 amide bonds. The minimum absolute atomic E-state index is 0.0630. The molecule has 0 aliphatic carbocycles. The summed E-state index contributed by atoms with van der Waals surface area (Å²) < 4.78 is 0. The summed E-state index contributed by atoms with van der Waals surface area (Å²) >= 11 is 0. The molecule has 2 rings (SSSR count). The van der Waals surface area contributed by atoms with E-state index in [9.17, 15) is 19.2 Å². The molecular weight excluding hydrogens is 374 g/mol. The highest BCUT2D eigenvalue weighted by Crippen LogP contribution is 2.29. The van der Waals surface area contributed by atoms with Crippen molar-refractivity contribution in [3.63, 3.8) is 0 Å². The maximum atomic E-state index is 12.4. The van der Waals surface area contributed by atoms with Crippen LogP contribution in [0.2, 0.25) is 0 Å². The fourth-order valence-electron chi connectivity index (χ4n) is 3.91. The largest absolute Gasteiger partial charge is 0.354 e. The van der Waals surface area contributed by atoms with Gasteiger partial charge in [-0.25, -0.2) is 4.79 Å². The van der Waals surface area contributed by atoms with Crippen molar-refractivity contribution in [1.29, 1.82) is 0 Å². The van der Waals surface area contributed by atoms with Crippen LogP contribution in [0, 0.1) is 11.8 Å². The molecule has 0 aromatic rings. The lowest BCUT2D eigenvalue weighted by molar-refractivity contribution is -0.197. The van der Waals surface area contributed by atoms with Crippen LogP contribution < -0.4 is 5.32 Å². The Morgan fingerprint density at radius 3 is 2.41 bits per heavy atom. The molecule has 0 radical (unpaired) electrons. The van der Waals surface area contributed by atoms with Gasteiger partial charge < -0.3 is 10.2 Å². The normalized spacial score (nSPS) is 24.1. The van der Waals surface area contributed by atoms with Crippen molar-refractivity contribution in [3.05, 3.63) is 0 Å². The van der Waals surface area contributed by atoms with Crippen LogP contribution in [-0.4, -0.2) is 58.8 Å². The number of amides is 3. The fourth-order valence-corrected chi connectivity index (χ4v) is 3.91. The van der Waals surface area contributed by atoms with Gasteiger partial charge in [-0.15, -0.1) is 5.06 Å². The van der Waals surface area contributed by atoms with Gasteiger partial charge >= 0.3 is 5.97 Å². The molecule has 164 valence electrons. The molecule has 8 nitrogen and oxygen atoms in total. The zero-order valence-electron chi connectivity index (χ0n) is 18.1. The minimum Gasteiger partial charge on any atom is -0.354 e. The van der Waals surface area contributed by atoms with Crippen molar-refractivity contribution in [2.75, 3.05) is 13.1 Å². The summed E-state index contributed by atoms with van der Waals surface area (Å²) in [6, 6.07) is 0.759. The van der Waals surface area contributed by atoms with E-state index in [1.165, 1.54) is 6.42 Å². The first-order chi connectivity index (χ1) is 13.7. The van der Waals surface area contributed by atoms with Gasteiger partial charge in [-0.1, -0.05) is 27.2 Å². The van der Waals surface area contributed by atoms with Gasteiger partial charge in [0.15, 0.2) is 0 Å². The number of carbonyl (C=O) groups is 4. The lowest BCUT2D eigenvalue weighted by atomic mass is 9.85. The van der Waals surface area contributed by atoms with Gasteiger partial charge in [-0.05, 0) is 38.0 Å². The van der Waals surface area contributed by atoms with Crippen LogP contribution in [0.5, 0.6) is 0 Å². The summed E-state index contributed by atoms with van der Waals surface area (Å²) in [6.07, 6.45) is 4.50. The highest BCUT2D eigenvalue weighted by atomic mass is 16.7. The lowest BCUT2D eigenvalue weighted by Crippen LogP contribution is -2.50. The van der Waals surface area contributed by atoms with Crippen molar-refractivity contribution in [3.8, 4) is 0 Å². The van der Waals surface area contributed by atoms with Gasteiger partial charge in [0.2, 0.25) is 5.91 Å². The second-order valence-corrected chi connectivity index (χ2v) is 8.71. The predicted octanol–water partition coefficient (Wildman–Crippen LogP) is 2.03. The molecule has 2 unspecified atom stereocenters. The molecule has 1 N–H and O–H groups in total. The first-order valence-corrected chi connectivity index (χ1v) is 10.8. The lowest BCUT2D eigenvalue weighted by Gasteiger charge is -2.41. The molecule has 0 bridgehead atoms. The Hall–Kier alpha value is -1.96. The summed E-state index contributed by atoms with van der Waals surface area (Å²) in [4.78, 5) is 54.3. The van der Waals surface area contributed by atoms with Crippen LogP contribution in [0.25, 0.3) is 0 Å². The van der Waals surface area contributed by atoms with E-state index >= 15 is 0 Å². The Balaban J connectivity index is 1.76. The Kier molecular flexibility index (Phi) is 8.61. The quantitative estimate of drug-likeness (QED) is 0.586. The molecule has 2 aliphatic heterocycles. The van der Waals surface area contributed by atoms with E-state index in [0.717, 1.165) is 19.3 Å². The summed E-state index contributed by atoms with van der Waals surface area (Å²) in [7, 11) is 0. The SMILES string of the molecule is CC(C)[C@@H](C)CC1CCCC(C)N1CC(=O)NCCC(=O)ON1C(=O)CCC1=O. The Morgan fingerprint density at radius 1 is 1.14 bits per heavy atom. The van der Waals surface area contributed by atoms with Crippen LogP contribution in [-0.2, 0) is 24.0 Å². The predicted molar refractivity (Wildman–Crippen MR) is 107 cm³/mol. The topological polar surface area (TPSA) is 96.0 Å². The second kappa shape index (κ2) is 10.7. The summed E-state index contributed by atoms with van der Waals surface area (Å²) in [6.45, 7) is 9.33. The van der Waals surface area contributed by atoms with E-state index in [-0.39, 0.29) is 31.7 Å². The Morgan fingerprint density at radius 2 is 1.79 bits per heavy atom. The van der Waals surface area contributed by atoms with Crippen LogP contribution in [0.4, 0.5) is 0 Å². The number of hydrogen-bond donors (Lipinski definition) is 1. The highest BCUT2D eigenvalue weighted by molar-refractivity contribution is 6.01. The van der Waals surface area contributed by atoms with Gasteiger partial charge in [0.1, 0.15) is 0 Å². The third-order valence-electron chi connectivity index (χ3n) is 6.15. The number of nitrogens with zero attached hydrogens (tertiary/aromatic N) is 2. The van der Waals surface area contributed by atoms with E-state index in [1.54, 1.807) is 0 Å². The van der Waals surface area contributed by atoms with Gasteiger partial charge in [-0.2, -0.15) is 0 Å². The molecule has 2 aliphatic rings. The maximum Gasteiger partial charge on any atom is 0.334 e. The van der Waals surface area contributed by atoms with Crippen LogP contribution in [0.15, 0.2) is 0 Å². The Labute approximate surface area is 173 Å². The zero-order valence-corrected chi connectivity index (χ0v) is 18.1. The van der Waals surface area contributed by atoms with E-state index < -0.39 is 17.8 Å². The van der Waals surface area contributed by atoms with Crippen molar-refractivity contribution in [2.24, 2.45) is 11.8 Å².